The lowest BCUT2D eigenvalue weighted by molar-refractivity contribution is 0.163. The van der Waals surface area contributed by atoms with Crippen LogP contribution in [0.1, 0.15) is 51.4 Å². The second kappa shape index (κ2) is 2.97. The third-order valence-corrected chi connectivity index (χ3v) is 4.12. The van der Waals surface area contributed by atoms with Gasteiger partial charge in [0.2, 0.25) is 0 Å². The summed E-state index contributed by atoms with van der Waals surface area (Å²) in [5.41, 5.74) is -1.28. The van der Waals surface area contributed by atoms with Crippen LogP contribution in [-0.4, -0.2) is 29.7 Å². The fraction of sp³-hybridized carbons (Fsp3) is 1.00. The molecule has 1 spiro atoms. The molecule has 0 aromatic carbocycles. The lowest BCUT2D eigenvalue weighted by atomic mass is 9.82. The maximum Gasteiger partial charge on any atom is 0.108 e. The van der Waals surface area contributed by atoms with Crippen molar-refractivity contribution in [3.63, 3.8) is 0 Å². The zero-order valence-corrected chi connectivity index (χ0v) is 9.52. The summed E-state index contributed by atoms with van der Waals surface area (Å²) in [4.78, 5) is 1.67. The molecule has 15 heavy (non-hydrogen) atoms. The Bertz CT molecular complexity index is 413. The molecular weight excluding hydrogens is 189 g/mol. The van der Waals surface area contributed by atoms with Crippen molar-refractivity contribution in [1.82, 2.24) is 4.90 Å². The lowest BCUT2D eigenvalue weighted by Crippen LogP contribution is -2.39. The second-order valence-corrected chi connectivity index (χ2v) is 5.79. The van der Waals surface area contributed by atoms with Gasteiger partial charge in [-0.15, -0.1) is 0 Å². The summed E-state index contributed by atoms with van der Waals surface area (Å²) in [6.07, 6.45) is -0.538. The highest BCUT2D eigenvalue weighted by atomic mass is 19.1. The van der Waals surface area contributed by atoms with Crippen molar-refractivity contribution >= 4 is 0 Å². The minimum Gasteiger partial charge on any atom is -0.297 e. The summed E-state index contributed by atoms with van der Waals surface area (Å²) in [5, 5.41) is 0. The van der Waals surface area contributed by atoms with Gasteiger partial charge in [-0.3, -0.25) is 4.90 Å². The van der Waals surface area contributed by atoms with Gasteiger partial charge < -0.3 is 0 Å². The van der Waals surface area contributed by atoms with Crippen molar-refractivity contribution in [2.75, 3.05) is 13.0 Å². The van der Waals surface area contributed by atoms with E-state index in [2.05, 4.69) is 0 Å². The number of halogens is 1. The molecule has 0 radical (unpaired) electrons. The normalized spacial score (nSPS) is 57.5. The van der Waals surface area contributed by atoms with Crippen molar-refractivity contribution in [2.45, 2.75) is 57.6 Å². The SMILES string of the molecule is [2H]C1([2H])CC[C@@]2(C([2H])([2H])C(C)C)C[C@@]3(C[C@@H]3F)CN12. The summed E-state index contributed by atoms with van der Waals surface area (Å²) < 4.78 is 46.9. The van der Waals surface area contributed by atoms with E-state index < -0.39 is 30.0 Å². The molecule has 1 saturated carbocycles. The quantitative estimate of drug-likeness (QED) is 0.684. The number of alkyl halides is 1. The van der Waals surface area contributed by atoms with Crippen molar-refractivity contribution < 1.29 is 9.87 Å². The number of fused-ring (bicyclic) bond motifs is 1. The number of hydrogen-bond acceptors (Lipinski definition) is 1. The van der Waals surface area contributed by atoms with Gasteiger partial charge in [-0.05, 0) is 44.5 Å². The molecule has 3 fully saturated rings. The highest BCUT2D eigenvalue weighted by molar-refractivity contribution is 5.18. The Labute approximate surface area is 97.6 Å². The Morgan fingerprint density at radius 1 is 1.67 bits per heavy atom. The number of nitrogens with zero attached hydrogens (tertiary/aromatic N) is 1. The predicted octanol–water partition coefficient (Wildman–Crippen LogP) is 3.00. The zero-order valence-electron chi connectivity index (χ0n) is 13.5. The summed E-state index contributed by atoms with van der Waals surface area (Å²) >= 11 is 0. The van der Waals surface area contributed by atoms with Crippen molar-refractivity contribution in [1.29, 1.82) is 0 Å². The van der Waals surface area contributed by atoms with Gasteiger partial charge in [0, 0.05) is 23.0 Å². The first kappa shape index (κ1) is 6.58. The summed E-state index contributed by atoms with van der Waals surface area (Å²) in [6.45, 7) is 2.57. The van der Waals surface area contributed by atoms with E-state index >= 15 is 0 Å². The molecule has 1 nitrogen and oxygen atoms in total. The maximum absolute atomic E-state index is 13.7. The summed E-state index contributed by atoms with van der Waals surface area (Å²) in [5.74, 6) is -0.198. The maximum atomic E-state index is 13.7. The first-order valence-electron chi connectivity index (χ1n) is 7.99. The Kier molecular flexibility index (Phi) is 1.30. The van der Waals surface area contributed by atoms with Gasteiger partial charge in [-0.1, -0.05) is 13.8 Å². The smallest absolute Gasteiger partial charge is 0.108 e. The van der Waals surface area contributed by atoms with Gasteiger partial charge >= 0.3 is 0 Å². The lowest BCUT2D eigenvalue weighted by Gasteiger charge is -2.33. The van der Waals surface area contributed by atoms with Crippen molar-refractivity contribution in [2.24, 2.45) is 11.3 Å². The van der Waals surface area contributed by atoms with Crippen LogP contribution >= 0.6 is 0 Å². The van der Waals surface area contributed by atoms with Gasteiger partial charge in [0.15, 0.2) is 0 Å². The molecule has 3 rings (SSSR count). The highest BCUT2D eigenvalue weighted by Crippen LogP contribution is 2.63. The molecule has 86 valence electrons. The van der Waals surface area contributed by atoms with Crippen LogP contribution in [0.5, 0.6) is 0 Å². The number of rotatable bonds is 2. The minimum atomic E-state index is -1.49. The first-order chi connectivity index (χ1) is 8.57. The van der Waals surface area contributed by atoms with Crippen LogP contribution < -0.4 is 0 Å². The van der Waals surface area contributed by atoms with Crippen LogP contribution in [0.15, 0.2) is 0 Å². The highest BCUT2D eigenvalue weighted by Gasteiger charge is 2.66. The molecule has 0 aromatic heterocycles. The Balaban J connectivity index is 2.03. The predicted molar refractivity (Wildman–Crippen MR) is 59.6 cm³/mol. The molecule has 1 aliphatic carbocycles. The summed E-state index contributed by atoms with van der Waals surface area (Å²) in [6, 6.07) is 0. The molecule has 0 amide bonds. The van der Waals surface area contributed by atoms with Crippen LogP contribution in [0.2, 0.25) is 0 Å². The molecule has 0 unspecified atom stereocenters. The molecule has 2 heterocycles. The van der Waals surface area contributed by atoms with E-state index in [-0.39, 0.29) is 5.92 Å². The van der Waals surface area contributed by atoms with Crippen LogP contribution in [0.4, 0.5) is 4.39 Å². The molecule has 3 atom stereocenters. The first-order valence-corrected chi connectivity index (χ1v) is 5.99. The van der Waals surface area contributed by atoms with Gasteiger partial charge in [-0.2, -0.15) is 0 Å². The van der Waals surface area contributed by atoms with Crippen LogP contribution in [-0.2, 0) is 0 Å². The van der Waals surface area contributed by atoms with E-state index in [0.29, 0.717) is 32.2 Å². The van der Waals surface area contributed by atoms with E-state index in [0.717, 1.165) is 0 Å². The molecule has 3 aliphatic rings. The van der Waals surface area contributed by atoms with Crippen LogP contribution in [0.3, 0.4) is 0 Å². The standard InChI is InChI=1S/C13H22FN/c1-10(2)6-13-4-3-5-15(13)9-12(8-13)7-11(12)14/h10-11H,3-9H2,1-2H3/t11-,12-,13+/m0/s1/i5D2,6D2. The van der Waals surface area contributed by atoms with E-state index in [1.165, 1.54) is 0 Å². The minimum absolute atomic E-state index is 0.198. The second-order valence-electron chi connectivity index (χ2n) is 5.79. The molecule has 0 N–H and O–H groups in total. The largest absolute Gasteiger partial charge is 0.297 e. The Morgan fingerprint density at radius 2 is 2.40 bits per heavy atom. The third-order valence-electron chi connectivity index (χ3n) is 4.12. The molecule has 2 aliphatic heterocycles. The average molecular weight is 215 g/mol. The Hall–Kier alpha value is -0.110. The van der Waals surface area contributed by atoms with Crippen LogP contribution in [0.25, 0.3) is 0 Å². The van der Waals surface area contributed by atoms with Crippen LogP contribution in [0, 0.1) is 11.3 Å². The van der Waals surface area contributed by atoms with E-state index in [9.17, 15) is 4.39 Å². The number of hydrogen-bond donors (Lipinski definition) is 0. The monoisotopic (exact) mass is 215 g/mol. The topological polar surface area (TPSA) is 3.24 Å². The molecule has 0 bridgehead atoms. The fourth-order valence-electron chi connectivity index (χ4n) is 3.41. The van der Waals surface area contributed by atoms with Gasteiger partial charge in [-0.25, -0.2) is 4.39 Å². The Morgan fingerprint density at radius 3 is 3.00 bits per heavy atom. The zero-order chi connectivity index (χ0) is 14.3. The molecular formula is C13H22FN. The van der Waals surface area contributed by atoms with E-state index in [1.807, 2.05) is 13.8 Å². The van der Waals surface area contributed by atoms with E-state index in [1.54, 1.807) is 4.90 Å². The summed E-state index contributed by atoms with van der Waals surface area (Å²) in [7, 11) is 0. The van der Waals surface area contributed by atoms with Gasteiger partial charge in [0.25, 0.3) is 0 Å². The third kappa shape index (κ3) is 1.37. The molecule has 2 saturated heterocycles. The molecule has 0 aromatic rings. The van der Waals surface area contributed by atoms with Crippen molar-refractivity contribution in [3.05, 3.63) is 0 Å². The van der Waals surface area contributed by atoms with Crippen molar-refractivity contribution in [3.8, 4) is 0 Å². The fourth-order valence-corrected chi connectivity index (χ4v) is 3.41. The van der Waals surface area contributed by atoms with Gasteiger partial charge in [0.05, 0.1) is 0 Å². The average Bonchev–Trinajstić information content (AvgIpc) is 2.66. The van der Waals surface area contributed by atoms with E-state index in [4.69, 9.17) is 5.48 Å². The van der Waals surface area contributed by atoms with Gasteiger partial charge in [0.1, 0.15) is 6.17 Å². The molecule has 2 heteroatoms.